The summed E-state index contributed by atoms with van der Waals surface area (Å²) in [5, 5.41) is 10.2. The largest absolute Gasteiger partial charge is 0.339 e. The fraction of sp³-hybridized carbons (Fsp3) is 0.353. The molecule has 3 aromatic rings. The van der Waals surface area contributed by atoms with Crippen LogP contribution in [0.15, 0.2) is 35.1 Å². The van der Waals surface area contributed by atoms with Crippen LogP contribution in [0.1, 0.15) is 37.6 Å². The number of carbonyl (C=O) groups is 1. The van der Waals surface area contributed by atoms with E-state index in [0.29, 0.717) is 29.9 Å². The Morgan fingerprint density at radius 2 is 2.20 bits per heavy atom. The molecule has 0 unspecified atom stereocenters. The number of carbonyl (C=O) groups excluding carboxylic acids is 1. The molecule has 3 rings (SSSR count). The van der Waals surface area contributed by atoms with E-state index in [1.807, 2.05) is 18.2 Å². The molecule has 25 heavy (non-hydrogen) atoms. The van der Waals surface area contributed by atoms with Crippen molar-refractivity contribution in [1.29, 1.82) is 0 Å². The van der Waals surface area contributed by atoms with E-state index in [0.717, 1.165) is 5.69 Å². The monoisotopic (exact) mass is 340 g/mol. The summed E-state index contributed by atoms with van der Waals surface area (Å²) in [7, 11) is 1.77. The molecule has 0 saturated heterocycles. The van der Waals surface area contributed by atoms with E-state index in [-0.39, 0.29) is 12.3 Å². The lowest BCUT2D eigenvalue weighted by molar-refractivity contribution is -0.118. The molecule has 0 aliphatic rings. The zero-order valence-corrected chi connectivity index (χ0v) is 14.4. The standard InChI is InChI=1S/C17H20N6O2/c1-11(2)12-5-4-6-13(9-12)23(3)15(24)8-7-14-20-17(22-25-14)16-18-10-19-21-16/h4-6,9-11H,7-8H2,1-3H3,(H,18,19,21). The van der Waals surface area contributed by atoms with Crippen LogP contribution in [0.25, 0.3) is 11.6 Å². The Bertz CT molecular complexity index is 840. The summed E-state index contributed by atoms with van der Waals surface area (Å²) in [6.45, 7) is 4.26. The van der Waals surface area contributed by atoms with Gasteiger partial charge in [-0.25, -0.2) is 4.98 Å². The number of hydrogen-bond acceptors (Lipinski definition) is 6. The normalized spacial score (nSPS) is 11.0. The summed E-state index contributed by atoms with van der Waals surface area (Å²) in [5.74, 6) is 1.56. The predicted octanol–water partition coefficient (Wildman–Crippen LogP) is 2.57. The predicted molar refractivity (Wildman–Crippen MR) is 91.9 cm³/mol. The van der Waals surface area contributed by atoms with Crippen LogP contribution in [-0.4, -0.2) is 38.3 Å². The first kappa shape index (κ1) is 16.8. The summed E-state index contributed by atoms with van der Waals surface area (Å²) in [5.41, 5.74) is 2.08. The Labute approximate surface area is 145 Å². The van der Waals surface area contributed by atoms with Gasteiger partial charge in [0.05, 0.1) is 0 Å². The lowest BCUT2D eigenvalue weighted by Crippen LogP contribution is -2.26. The Morgan fingerprint density at radius 1 is 1.36 bits per heavy atom. The fourth-order valence-electron chi connectivity index (χ4n) is 2.38. The average molecular weight is 340 g/mol. The van der Waals surface area contributed by atoms with Crippen LogP contribution in [-0.2, 0) is 11.2 Å². The fourth-order valence-corrected chi connectivity index (χ4v) is 2.38. The molecule has 8 heteroatoms. The van der Waals surface area contributed by atoms with Crippen molar-refractivity contribution in [3.05, 3.63) is 42.0 Å². The van der Waals surface area contributed by atoms with Crippen LogP contribution in [0.4, 0.5) is 5.69 Å². The quantitative estimate of drug-likeness (QED) is 0.740. The van der Waals surface area contributed by atoms with Crippen LogP contribution in [0, 0.1) is 0 Å². The summed E-state index contributed by atoms with van der Waals surface area (Å²) >= 11 is 0. The van der Waals surface area contributed by atoms with Crippen LogP contribution < -0.4 is 4.90 Å². The molecule has 1 N–H and O–H groups in total. The number of aromatic nitrogens is 5. The van der Waals surface area contributed by atoms with Gasteiger partial charge in [-0.15, -0.1) is 0 Å². The molecule has 0 bridgehead atoms. The Hall–Kier alpha value is -3.03. The Morgan fingerprint density at radius 3 is 2.92 bits per heavy atom. The summed E-state index contributed by atoms with van der Waals surface area (Å²) in [6, 6.07) is 8.00. The summed E-state index contributed by atoms with van der Waals surface area (Å²) in [4.78, 5) is 22.3. The van der Waals surface area contributed by atoms with Gasteiger partial charge in [0, 0.05) is 25.6 Å². The Balaban J connectivity index is 1.61. The average Bonchev–Trinajstić information content (AvgIpc) is 3.30. The van der Waals surface area contributed by atoms with Crippen molar-refractivity contribution < 1.29 is 9.32 Å². The van der Waals surface area contributed by atoms with E-state index < -0.39 is 0 Å². The highest BCUT2D eigenvalue weighted by molar-refractivity contribution is 5.92. The third-order valence-corrected chi connectivity index (χ3v) is 3.95. The molecule has 0 aliphatic carbocycles. The van der Waals surface area contributed by atoms with Crippen molar-refractivity contribution in [3.63, 3.8) is 0 Å². The van der Waals surface area contributed by atoms with Crippen LogP contribution in [0.3, 0.4) is 0 Å². The number of benzene rings is 1. The highest BCUT2D eigenvalue weighted by Gasteiger charge is 2.16. The van der Waals surface area contributed by atoms with E-state index in [1.165, 1.54) is 11.9 Å². The number of aromatic amines is 1. The molecule has 2 aromatic heterocycles. The van der Waals surface area contributed by atoms with Gasteiger partial charge in [0.1, 0.15) is 6.33 Å². The molecule has 8 nitrogen and oxygen atoms in total. The topological polar surface area (TPSA) is 101 Å². The van der Waals surface area contributed by atoms with Gasteiger partial charge in [-0.05, 0) is 23.6 Å². The molecule has 1 aromatic carbocycles. The minimum absolute atomic E-state index is 0.0136. The maximum atomic E-state index is 12.4. The van der Waals surface area contributed by atoms with E-state index in [4.69, 9.17) is 4.52 Å². The van der Waals surface area contributed by atoms with Gasteiger partial charge >= 0.3 is 0 Å². The van der Waals surface area contributed by atoms with Crippen LogP contribution in [0.2, 0.25) is 0 Å². The third-order valence-electron chi connectivity index (χ3n) is 3.95. The van der Waals surface area contributed by atoms with Gasteiger partial charge in [-0.1, -0.05) is 31.1 Å². The molecular weight excluding hydrogens is 320 g/mol. The first-order chi connectivity index (χ1) is 12.0. The van der Waals surface area contributed by atoms with Crippen molar-refractivity contribution in [2.24, 2.45) is 0 Å². The third kappa shape index (κ3) is 3.90. The summed E-state index contributed by atoms with van der Waals surface area (Å²) < 4.78 is 5.16. The maximum absolute atomic E-state index is 12.4. The van der Waals surface area contributed by atoms with Crippen molar-refractivity contribution in [2.75, 3.05) is 11.9 Å². The number of aryl methyl sites for hydroxylation is 1. The van der Waals surface area contributed by atoms with Gasteiger partial charge in [0.15, 0.2) is 5.82 Å². The molecule has 0 fully saturated rings. The van der Waals surface area contributed by atoms with E-state index in [2.05, 4.69) is 45.2 Å². The molecule has 1 amide bonds. The number of hydrogen-bond donors (Lipinski definition) is 1. The first-order valence-corrected chi connectivity index (χ1v) is 8.09. The summed E-state index contributed by atoms with van der Waals surface area (Å²) in [6.07, 6.45) is 2.02. The van der Waals surface area contributed by atoms with Crippen LogP contribution >= 0.6 is 0 Å². The zero-order chi connectivity index (χ0) is 17.8. The van der Waals surface area contributed by atoms with Crippen LogP contribution in [0.5, 0.6) is 0 Å². The van der Waals surface area contributed by atoms with Crippen molar-refractivity contribution >= 4 is 11.6 Å². The van der Waals surface area contributed by atoms with Gasteiger partial charge in [-0.3, -0.25) is 9.89 Å². The number of H-pyrrole nitrogens is 1. The molecular formula is C17H20N6O2. The SMILES string of the molecule is CC(C)c1cccc(N(C)C(=O)CCc2nc(-c3ncn[nH]3)no2)c1. The van der Waals surface area contributed by atoms with Crippen molar-refractivity contribution in [1.82, 2.24) is 25.3 Å². The van der Waals surface area contributed by atoms with E-state index >= 15 is 0 Å². The highest BCUT2D eigenvalue weighted by Crippen LogP contribution is 2.21. The molecule has 0 aliphatic heterocycles. The molecule has 0 atom stereocenters. The number of amides is 1. The lowest BCUT2D eigenvalue weighted by atomic mass is 10.0. The number of nitrogens with one attached hydrogen (secondary N) is 1. The maximum Gasteiger partial charge on any atom is 0.239 e. The smallest absolute Gasteiger partial charge is 0.239 e. The van der Waals surface area contributed by atoms with E-state index in [9.17, 15) is 4.79 Å². The molecule has 0 saturated carbocycles. The highest BCUT2D eigenvalue weighted by atomic mass is 16.5. The van der Waals surface area contributed by atoms with Gasteiger partial charge in [0.25, 0.3) is 0 Å². The number of nitrogens with zero attached hydrogens (tertiary/aromatic N) is 5. The second-order valence-corrected chi connectivity index (χ2v) is 6.05. The first-order valence-electron chi connectivity index (χ1n) is 8.09. The second kappa shape index (κ2) is 7.25. The molecule has 2 heterocycles. The van der Waals surface area contributed by atoms with Gasteiger partial charge < -0.3 is 9.42 Å². The zero-order valence-electron chi connectivity index (χ0n) is 14.4. The minimum atomic E-state index is -0.0136. The molecule has 130 valence electrons. The Kier molecular flexibility index (Phi) is 4.87. The van der Waals surface area contributed by atoms with Crippen molar-refractivity contribution in [2.45, 2.75) is 32.6 Å². The second-order valence-electron chi connectivity index (χ2n) is 6.05. The molecule has 0 radical (unpaired) electrons. The number of anilines is 1. The van der Waals surface area contributed by atoms with Gasteiger partial charge in [0.2, 0.25) is 17.6 Å². The lowest BCUT2D eigenvalue weighted by Gasteiger charge is -2.18. The number of rotatable bonds is 6. The van der Waals surface area contributed by atoms with Gasteiger partial charge in [-0.2, -0.15) is 10.1 Å². The van der Waals surface area contributed by atoms with Crippen molar-refractivity contribution in [3.8, 4) is 11.6 Å². The minimum Gasteiger partial charge on any atom is -0.339 e. The van der Waals surface area contributed by atoms with E-state index in [1.54, 1.807) is 11.9 Å². The molecule has 0 spiro atoms.